The summed E-state index contributed by atoms with van der Waals surface area (Å²) in [5.74, 6) is 1.10. The maximum Gasteiger partial charge on any atom is 0.251 e. The van der Waals surface area contributed by atoms with Crippen molar-refractivity contribution in [1.82, 2.24) is 14.5 Å². The molecule has 3 aromatic rings. The number of halogens is 1. The van der Waals surface area contributed by atoms with Gasteiger partial charge in [-0.05, 0) is 43.2 Å². The second kappa shape index (κ2) is 8.14. The van der Waals surface area contributed by atoms with Crippen molar-refractivity contribution in [2.45, 2.75) is 24.2 Å². The number of nitrogens with zero attached hydrogens (tertiary/aromatic N) is 3. The summed E-state index contributed by atoms with van der Waals surface area (Å²) >= 11 is 6.24. The molecule has 1 aliphatic heterocycles. The molecule has 0 amide bonds. The molecule has 1 aliphatic rings. The van der Waals surface area contributed by atoms with E-state index in [0.717, 1.165) is 19.3 Å². The molecule has 152 valence electrons. The number of aromatic nitrogens is 2. The molecule has 2 heterocycles. The van der Waals surface area contributed by atoms with Gasteiger partial charge in [0.2, 0.25) is 15.9 Å². The first-order valence-electron chi connectivity index (χ1n) is 9.27. The van der Waals surface area contributed by atoms with Crippen LogP contribution in [0.4, 0.5) is 0 Å². The van der Waals surface area contributed by atoms with Gasteiger partial charge < -0.3 is 9.15 Å². The third-order valence-electron chi connectivity index (χ3n) is 4.87. The van der Waals surface area contributed by atoms with Crippen molar-refractivity contribution in [3.63, 3.8) is 0 Å². The normalized spacial score (nSPS) is 15.4. The second-order valence-corrected chi connectivity index (χ2v) is 9.04. The fourth-order valence-corrected chi connectivity index (χ4v) is 5.37. The van der Waals surface area contributed by atoms with Crippen LogP contribution >= 0.6 is 11.6 Å². The van der Waals surface area contributed by atoms with Crippen molar-refractivity contribution in [1.29, 1.82) is 0 Å². The Labute approximate surface area is 174 Å². The van der Waals surface area contributed by atoms with Crippen LogP contribution < -0.4 is 4.74 Å². The third kappa shape index (κ3) is 3.88. The molecule has 2 aromatic carbocycles. The van der Waals surface area contributed by atoms with Crippen LogP contribution in [0, 0.1) is 0 Å². The average Bonchev–Trinajstić information content (AvgIpc) is 3.24. The van der Waals surface area contributed by atoms with Gasteiger partial charge in [0.25, 0.3) is 5.89 Å². The number of benzene rings is 2. The van der Waals surface area contributed by atoms with Crippen molar-refractivity contribution in [3.05, 3.63) is 47.5 Å². The molecule has 0 saturated carbocycles. The monoisotopic (exact) mass is 433 g/mol. The van der Waals surface area contributed by atoms with Gasteiger partial charge >= 0.3 is 0 Å². The number of methoxy groups -OCH3 is 1. The van der Waals surface area contributed by atoms with Crippen molar-refractivity contribution < 1.29 is 17.6 Å². The number of hydrogen-bond acceptors (Lipinski definition) is 6. The van der Waals surface area contributed by atoms with Crippen molar-refractivity contribution in [3.8, 4) is 28.7 Å². The molecular weight excluding hydrogens is 414 g/mol. The highest BCUT2D eigenvalue weighted by Crippen LogP contribution is 2.34. The quantitative estimate of drug-likeness (QED) is 0.598. The molecule has 1 fully saturated rings. The molecule has 0 aliphatic carbocycles. The summed E-state index contributed by atoms with van der Waals surface area (Å²) in [5.41, 5.74) is 1.14. The third-order valence-corrected chi connectivity index (χ3v) is 7.25. The molecule has 0 N–H and O–H groups in total. The van der Waals surface area contributed by atoms with Gasteiger partial charge in [0.1, 0.15) is 10.6 Å². The van der Waals surface area contributed by atoms with Gasteiger partial charge in [-0.15, -0.1) is 10.2 Å². The number of sulfonamides is 1. The summed E-state index contributed by atoms with van der Waals surface area (Å²) in [4.78, 5) is 0.0515. The highest BCUT2D eigenvalue weighted by atomic mass is 35.5. The molecule has 0 spiro atoms. The lowest BCUT2D eigenvalue weighted by Crippen LogP contribution is -2.35. The van der Waals surface area contributed by atoms with E-state index in [0.29, 0.717) is 30.0 Å². The summed E-state index contributed by atoms with van der Waals surface area (Å²) in [6.07, 6.45) is 2.73. The van der Waals surface area contributed by atoms with Crippen LogP contribution in [0.5, 0.6) is 5.75 Å². The molecular formula is C20H20ClN3O4S. The van der Waals surface area contributed by atoms with Gasteiger partial charge in [0, 0.05) is 18.7 Å². The van der Waals surface area contributed by atoms with Crippen molar-refractivity contribution in [2.24, 2.45) is 0 Å². The Morgan fingerprint density at radius 3 is 2.52 bits per heavy atom. The number of para-hydroxylation sites is 1. The Morgan fingerprint density at radius 1 is 1.03 bits per heavy atom. The largest absolute Gasteiger partial charge is 0.496 e. The average molecular weight is 434 g/mol. The molecule has 9 heteroatoms. The SMILES string of the molecule is COc1ccccc1-c1nnc(-c2ccc(Cl)c(S(=O)(=O)N3CCCCC3)c2)o1. The number of ether oxygens (including phenoxy) is 1. The molecule has 29 heavy (non-hydrogen) atoms. The lowest BCUT2D eigenvalue weighted by atomic mass is 10.2. The van der Waals surface area contributed by atoms with Crippen LogP contribution in [-0.4, -0.2) is 43.1 Å². The standard InChI is InChI=1S/C20H20ClN3O4S/c1-27-17-8-4-3-7-15(17)20-23-22-19(28-20)14-9-10-16(21)18(13-14)29(25,26)24-11-5-2-6-12-24/h3-4,7-10,13H,2,5-6,11-12H2,1H3. The fraction of sp³-hybridized carbons (Fsp3) is 0.300. The lowest BCUT2D eigenvalue weighted by Gasteiger charge is -2.26. The smallest absolute Gasteiger partial charge is 0.251 e. The van der Waals surface area contributed by atoms with Crippen molar-refractivity contribution in [2.75, 3.05) is 20.2 Å². The van der Waals surface area contributed by atoms with E-state index < -0.39 is 10.0 Å². The molecule has 0 radical (unpaired) electrons. The van der Waals surface area contributed by atoms with Gasteiger partial charge in [-0.1, -0.05) is 30.2 Å². The molecule has 4 rings (SSSR count). The molecule has 0 atom stereocenters. The fourth-order valence-electron chi connectivity index (χ4n) is 3.35. The molecule has 1 saturated heterocycles. The Morgan fingerprint density at radius 2 is 1.76 bits per heavy atom. The zero-order chi connectivity index (χ0) is 20.4. The van der Waals surface area contributed by atoms with E-state index >= 15 is 0 Å². The summed E-state index contributed by atoms with van der Waals surface area (Å²) in [6, 6.07) is 12.0. The van der Waals surface area contributed by atoms with E-state index in [-0.39, 0.29) is 21.7 Å². The first kappa shape index (κ1) is 19.9. The Balaban J connectivity index is 1.71. The van der Waals surface area contributed by atoms with E-state index in [1.165, 1.54) is 10.4 Å². The zero-order valence-corrected chi connectivity index (χ0v) is 17.4. The van der Waals surface area contributed by atoms with Gasteiger partial charge in [-0.3, -0.25) is 0 Å². The zero-order valence-electron chi connectivity index (χ0n) is 15.8. The van der Waals surface area contributed by atoms with E-state index in [1.807, 2.05) is 18.2 Å². The topological polar surface area (TPSA) is 85.5 Å². The maximum absolute atomic E-state index is 13.1. The molecule has 1 aromatic heterocycles. The maximum atomic E-state index is 13.1. The minimum Gasteiger partial charge on any atom is -0.496 e. The second-order valence-electron chi connectivity index (χ2n) is 6.72. The van der Waals surface area contributed by atoms with Crippen LogP contribution in [0.3, 0.4) is 0 Å². The van der Waals surface area contributed by atoms with Crippen LogP contribution in [0.1, 0.15) is 19.3 Å². The summed E-state index contributed by atoms with van der Waals surface area (Å²) in [5, 5.41) is 8.34. The minimum absolute atomic E-state index is 0.0515. The first-order chi connectivity index (χ1) is 14.0. The first-order valence-corrected chi connectivity index (χ1v) is 11.1. The Hall–Kier alpha value is -2.42. The summed E-state index contributed by atoms with van der Waals surface area (Å²) in [6.45, 7) is 1.00. The number of piperidine rings is 1. The Kier molecular flexibility index (Phi) is 5.58. The highest BCUT2D eigenvalue weighted by Gasteiger charge is 2.29. The van der Waals surface area contributed by atoms with E-state index in [9.17, 15) is 8.42 Å². The molecule has 7 nitrogen and oxygen atoms in total. The predicted molar refractivity (Wildman–Crippen MR) is 109 cm³/mol. The predicted octanol–water partition coefficient (Wildman–Crippen LogP) is 4.24. The van der Waals surface area contributed by atoms with Crippen LogP contribution in [-0.2, 0) is 10.0 Å². The lowest BCUT2D eigenvalue weighted by molar-refractivity contribution is 0.346. The van der Waals surface area contributed by atoms with E-state index in [1.54, 1.807) is 25.3 Å². The van der Waals surface area contributed by atoms with Gasteiger partial charge in [0.15, 0.2) is 0 Å². The van der Waals surface area contributed by atoms with E-state index in [4.69, 9.17) is 20.8 Å². The highest BCUT2D eigenvalue weighted by molar-refractivity contribution is 7.89. The van der Waals surface area contributed by atoms with E-state index in [2.05, 4.69) is 10.2 Å². The minimum atomic E-state index is -3.69. The van der Waals surface area contributed by atoms with Crippen LogP contribution in [0.25, 0.3) is 22.9 Å². The van der Waals surface area contributed by atoms with Gasteiger partial charge in [-0.25, -0.2) is 8.42 Å². The van der Waals surface area contributed by atoms with Gasteiger partial charge in [-0.2, -0.15) is 4.31 Å². The number of rotatable bonds is 5. The molecule has 0 unspecified atom stereocenters. The van der Waals surface area contributed by atoms with Crippen LogP contribution in [0.2, 0.25) is 5.02 Å². The van der Waals surface area contributed by atoms with Crippen molar-refractivity contribution >= 4 is 21.6 Å². The summed E-state index contributed by atoms with van der Waals surface area (Å²) < 4.78 is 38.7. The number of hydrogen-bond donors (Lipinski definition) is 0. The Bertz CT molecular complexity index is 1120. The van der Waals surface area contributed by atoms with Gasteiger partial charge in [0.05, 0.1) is 17.7 Å². The molecule has 0 bridgehead atoms. The summed E-state index contributed by atoms with van der Waals surface area (Å²) in [7, 11) is -2.13. The van der Waals surface area contributed by atoms with Crippen LogP contribution in [0.15, 0.2) is 51.8 Å².